The Bertz CT molecular complexity index is 433. The van der Waals surface area contributed by atoms with Gasteiger partial charge in [-0.15, -0.1) is 0 Å². The molecule has 0 N–H and O–H groups in total. The van der Waals surface area contributed by atoms with Gasteiger partial charge in [0.2, 0.25) is 5.95 Å². The van der Waals surface area contributed by atoms with Crippen LogP contribution in [0.5, 0.6) is 0 Å². The molecule has 0 aliphatic carbocycles. The molecule has 1 aliphatic rings. The number of piperidine rings is 1. The van der Waals surface area contributed by atoms with Gasteiger partial charge in [-0.05, 0) is 55.8 Å². The summed E-state index contributed by atoms with van der Waals surface area (Å²) in [4.78, 5) is 13.7. The molecule has 1 atom stereocenters. The first-order chi connectivity index (χ1) is 8.99. The Morgan fingerprint density at radius 1 is 1.42 bits per heavy atom. The van der Waals surface area contributed by atoms with Crippen LogP contribution in [0.1, 0.15) is 38.3 Å². The minimum atomic E-state index is 0.546. The first-order valence-electron chi connectivity index (χ1n) is 6.93. The van der Waals surface area contributed by atoms with Gasteiger partial charge in [-0.1, -0.05) is 0 Å². The van der Waals surface area contributed by atoms with E-state index < -0.39 is 0 Å². The fourth-order valence-electron chi connectivity index (χ4n) is 2.57. The van der Waals surface area contributed by atoms with E-state index in [-0.39, 0.29) is 0 Å². The molecule has 106 valence electrons. The third kappa shape index (κ3) is 3.56. The van der Waals surface area contributed by atoms with Crippen LogP contribution in [0.4, 0.5) is 5.95 Å². The van der Waals surface area contributed by atoms with Crippen molar-refractivity contribution >= 4 is 28.5 Å². The molecule has 0 bridgehead atoms. The second kappa shape index (κ2) is 6.35. The average Bonchev–Trinajstić information content (AvgIpc) is 2.39. The second-order valence-corrected chi connectivity index (χ2v) is 6.89. The van der Waals surface area contributed by atoms with Gasteiger partial charge in [0.1, 0.15) is 0 Å². The minimum Gasteiger partial charge on any atom is -0.347 e. The zero-order chi connectivity index (χ0) is 14.0. The zero-order valence-electron chi connectivity index (χ0n) is 12.2. The zero-order valence-corrected chi connectivity index (χ0v) is 14.4. The van der Waals surface area contributed by atoms with Crippen molar-refractivity contribution in [2.24, 2.45) is 0 Å². The molecule has 4 nitrogen and oxygen atoms in total. The van der Waals surface area contributed by atoms with E-state index in [1.54, 1.807) is 0 Å². The second-order valence-electron chi connectivity index (χ2n) is 5.73. The van der Waals surface area contributed by atoms with Crippen LogP contribution in [-0.4, -0.2) is 48.1 Å². The van der Waals surface area contributed by atoms with Gasteiger partial charge in [0.25, 0.3) is 0 Å². The number of hydrogen-bond donors (Lipinski definition) is 0. The maximum absolute atomic E-state index is 4.77. The van der Waals surface area contributed by atoms with Gasteiger partial charge in [-0.2, -0.15) is 0 Å². The first kappa shape index (κ1) is 15.0. The summed E-state index contributed by atoms with van der Waals surface area (Å²) in [6.45, 7) is 6.89. The van der Waals surface area contributed by atoms with Crippen LogP contribution in [0, 0.1) is 3.57 Å². The normalized spacial score (nSPS) is 20.8. The van der Waals surface area contributed by atoms with E-state index in [1.165, 1.54) is 28.7 Å². The Balaban J connectivity index is 2.22. The topological polar surface area (TPSA) is 32.3 Å². The largest absolute Gasteiger partial charge is 0.347 e. The van der Waals surface area contributed by atoms with E-state index >= 15 is 0 Å². The molecular formula is C14H23IN4. The summed E-state index contributed by atoms with van der Waals surface area (Å²) in [7, 11) is 3.99. The number of hydrogen-bond acceptors (Lipinski definition) is 4. The molecule has 19 heavy (non-hydrogen) atoms. The standard InChI is InChI=1S/C14H23IN4/c1-10(2)19-7-5-6-11(9-19)13-12(15)8-16-14(17-13)18(3)4/h8,10-11H,5-7,9H2,1-4H3. The molecule has 1 aliphatic heterocycles. The Morgan fingerprint density at radius 3 is 2.79 bits per heavy atom. The Morgan fingerprint density at radius 2 is 2.16 bits per heavy atom. The monoisotopic (exact) mass is 374 g/mol. The molecule has 1 fully saturated rings. The van der Waals surface area contributed by atoms with Gasteiger partial charge < -0.3 is 9.80 Å². The molecule has 1 aromatic rings. The predicted molar refractivity (Wildman–Crippen MR) is 87.8 cm³/mol. The number of halogens is 1. The van der Waals surface area contributed by atoms with E-state index in [4.69, 9.17) is 4.98 Å². The van der Waals surface area contributed by atoms with Crippen molar-refractivity contribution in [2.75, 3.05) is 32.1 Å². The van der Waals surface area contributed by atoms with Crippen molar-refractivity contribution in [3.8, 4) is 0 Å². The van der Waals surface area contributed by atoms with Crippen LogP contribution in [0.2, 0.25) is 0 Å². The number of aromatic nitrogens is 2. The molecule has 2 heterocycles. The minimum absolute atomic E-state index is 0.546. The van der Waals surface area contributed by atoms with Gasteiger partial charge in [0.05, 0.1) is 9.26 Å². The highest BCUT2D eigenvalue weighted by molar-refractivity contribution is 14.1. The van der Waals surface area contributed by atoms with Crippen molar-refractivity contribution in [2.45, 2.75) is 38.6 Å². The lowest BCUT2D eigenvalue weighted by molar-refractivity contribution is 0.166. The molecule has 0 aromatic carbocycles. The number of likely N-dealkylation sites (tertiary alicyclic amines) is 1. The Labute approximate surface area is 129 Å². The summed E-state index contributed by atoms with van der Waals surface area (Å²) >= 11 is 2.37. The highest BCUT2D eigenvalue weighted by Gasteiger charge is 2.26. The van der Waals surface area contributed by atoms with E-state index in [0.29, 0.717) is 12.0 Å². The van der Waals surface area contributed by atoms with Crippen LogP contribution in [0.3, 0.4) is 0 Å². The molecule has 1 unspecified atom stereocenters. The molecular weight excluding hydrogens is 351 g/mol. The van der Waals surface area contributed by atoms with Crippen LogP contribution < -0.4 is 4.90 Å². The Kier molecular flexibility index (Phi) is 5.00. The molecule has 1 aromatic heterocycles. The summed E-state index contributed by atoms with van der Waals surface area (Å²) in [5, 5.41) is 0. The molecule has 0 spiro atoms. The molecule has 1 saturated heterocycles. The third-order valence-corrected chi connectivity index (χ3v) is 4.56. The smallest absolute Gasteiger partial charge is 0.225 e. The lowest BCUT2D eigenvalue weighted by atomic mass is 9.94. The molecule has 0 amide bonds. The van der Waals surface area contributed by atoms with Gasteiger partial charge in [0, 0.05) is 38.8 Å². The van der Waals surface area contributed by atoms with Gasteiger partial charge in [0.15, 0.2) is 0 Å². The summed E-state index contributed by atoms with van der Waals surface area (Å²) in [6.07, 6.45) is 4.45. The van der Waals surface area contributed by atoms with E-state index in [0.717, 1.165) is 12.5 Å². The molecule has 5 heteroatoms. The SMILES string of the molecule is CC(C)N1CCCC(c2nc(N(C)C)ncc2I)C1. The first-order valence-corrected chi connectivity index (χ1v) is 8.00. The maximum atomic E-state index is 4.77. The maximum Gasteiger partial charge on any atom is 0.225 e. The van der Waals surface area contributed by atoms with Crippen molar-refractivity contribution in [3.63, 3.8) is 0 Å². The fraction of sp³-hybridized carbons (Fsp3) is 0.714. The van der Waals surface area contributed by atoms with Crippen LogP contribution in [-0.2, 0) is 0 Å². The van der Waals surface area contributed by atoms with Crippen molar-refractivity contribution in [1.82, 2.24) is 14.9 Å². The fourth-order valence-corrected chi connectivity index (χ4v) is 3.27. The van der Waals surface area contributed by atoms with Crippen LogP contribution >= 0.6 is 22.6 Å². The Hall–Kier alpha value is -0.430. The highest BCUT2D eigenvalue weighted by Crippen LogP contribution is 2.30. The van der Waals surface area contributed by atoms with Crippen molar-refractivity contribution < 1.29 is 0 Å². The lowest BCUT2D eigenvalue weighted by Gasteiger charge is -2.35. The summed E-state index contributed by atoms with van der Waals surface area (Å²) < 4.78 is 1.19. The van der Waals surface area contributed by atoms with Gasteiger partial charge in [-0.3, -0.25) is 0 Å². The van der Waals surface area contributed by atoms with Gasteiger partial charge >= 0.3 is 0 Å². The quantitative estimate of drug-likeness (QED) is 0.762. The van der Waals surface area contributed by atoms with Crippen molar-refractivity contribution in [1.29, 1.82) is 0 Å². The number of rotatable bonds is 3. The van der Waals surface area contributed by atoms with Gasteiger partial charge in [-0.25, -0.2) is 9.97 Å². The highest BCUT2D eigenvalue weighted by atomic mass is 127. The molecule has 0 radical (unpaired) electrons. The van der Waals surface area contributed by atoms with Crippen LogP contribution in [0.25, 0.3) is 0 Å². The molecule has 0 saturated carbocycles. The molecule has 2 rings (SSSR count). The summed E-state index contributed by atoms with van der Waals surface area (Å²) in [6, 6.07) is 0.621. The number of anilines is 1. The summed E-state index contributed by atoms with van der Waals surface area (Å²) in [5.41, 5.74) is 1.23. The predicted octanol–water partition coefficient (Wildman–Crippen LogP) is 2.74. The average molecular weight is 374 g/mol. The lowest BCUT2D eigenvalue weighted by Crippen LogP contribution is -2.39. The van der Waals surface area contributed by atoms with E-state index in [1.807, 2.05) is 25.2 Å². The third-order valence-electron chi connectivity index (χ3n) is 3.73. The van der Waals surface area contributed by atoms with E-state index in [9.17, 15) is 0 Å². The van der Waals surface area contributed by atoms with Crippen molar-refractivity contribution in [3.05, 3.63) is 15.5 Å². The summed E-state index contributed by atoms with van der Waals surface area (Å²) in [5.74, 6) is 1.36. The number of nitrogens with zero attached hydrogens (tertiary/aromatic N) is 4. The van der Waals surface area contributed by atoms with E-state index in [2.05, 4.69) is 46.3 Å². The van der Waals surface area contributed by atoms with Crippen LogP contribution in [0.15, 0.2) is 6.20 Å².